The number of nitro groups is 1. The van der Waals surface area contributed by atoms with Gasteiger partial charge >= 0.3 is 5.97 Å². The van der Waals surface area contributed by atoms with E-state index in [9.17, 15) is 19.7 Å². The molecule has 48 heavy (non-hydrogen) atoms. The fourth-order valence-corrected chi connectivity index (χ4v) is 7.02. The minimum absolute atomic E-state index is 0.108. The van der Waals surface area contributed by atoms with Crippen molar-refractivity contribution in [1.29, 1.82) is 0 Å². The Hall–Kier alpha value is -5.60. The summed E-state index contributed by atoms with van der Waals surface area (Å²) in [6.07, 6.45) is 4.69. The highest BCUT2D eigenvalue weighted by Crippen LogP contribution is 2.39. The molecular weight excluding hydrogens is 655 g/mol. The number of carbonyl (C=O) groups excluding carboxylic acids is 1. The van der Waals surface area contributed by atoms with Crippen LogP contribution in [0.15, 0.2) is 111 Å². The van der Waals surface area contributed by atoms with Crippen molar-refractivity contribution >= 4 is 46.5 Å². The summed E-state index contributed by atoms with van der Waals surface area (Å²) in [7, 11) is 3.02. The quantitative estimate of drug-likeness (QED) is 0.0871. The van der Waals surface area contributed by atoms with E-state index in [1.165, 1.54) is 24.9 Å². The van der Waals surface area contributed by atoms with Crippen molar-refractivity contribution < 1.29 is 23.9 Å². The summed E-state index contributed by atoms with van der Waals surface area (Å²) >= 11 is 2.18. The van der Waals surface area contributed by atoms with Crippen molar-refractivity contribution in [3.8, 4) is 11.5 Å². The van der Waals surface area contributed by atoms with Crippen LogP contribution in [0.4, 0.5) is 5.69 Å². The van der Waals surface area contributed by atoms with Gasteiger partial charge in [0, 0.05) is 24.0 Å². The number of esters is 1. The van der Waals surface area contributed by atoms with Crippen LogP contribution < -0.4 is 24.4 Å². The lowest BCUT2D eigenvalue weighted by atomic mass is 9.93. The number of thiazole rings is 1. The lowest BCUT2D eigenvalue weighted by molar-refractivity contribution is -0.387. The molecule has 5 aromatic rings. The molecule has 0 unspecified atom stereocenters. The molecule has 0 saturated heterocycles. The first-order valence-corrected chi connectivity index (χ1v) is 16.2. The predicted molar refractivity (Wildman–Crippen MR) is 180 cm³/mol. The Morgan fingerprint density at radius 3 is 2.46 bits per heavy atom. The highest BCUT2D eigenvalue weighted by atomic mass is 32.2. The van der Waals surface area contributed by atoms with Crippen molar-refractivity contribution in [2.24, 2.45) is 4.99 Å². The Labute approximate surface area is 281 Å². The molecule has 6 rings (SSSR count). The maximum atomic E-state index is 14.3. The number of aromatic nitrogens is 3. The number of fused-ring (bicyclic) bond motifs is 1. The van der Waals surface area contributed by atoms with Crippen molar-refractivity contribution in [3.05, 3.63) is 137 Å². The Balaban J connectivity index is 1.56. The number of rotatable bonds is 10. The van der Waals surface area contributed by atoms with Crippen molar-refractivity contribution in [3.63, 3.8) is 0 Å². The van der Waals surface area contributed by atoms with Crippen LogP contribution in [-0.4, -0.2) is 46.3 Å². The third-order valence-electron chi connectivity index (χ3n) is 7.32. The normalized spacial score (nSPS) is 14.2. The predicted octanol–water partition coefficient (Wildman–Crippen LogP) is 4.80. The fraction of sp³-hybridized carbons (Fsp3) is 0.147. The molecule has 1 aliphatic heterocycles. The molecule has 1 aliphatic rings. The maximum absolute atomic E-state index is 14.3. The van der Waals surface area contributed by atoms with Crippen LogP contribution in [0.2, 0.25) is 0 Å². The molecule has 0 fully saturated rings. The molecule has 14 heteroatoms. The fourth-order valence-electron chi connectivity index (χ4n) is 5.22. The number of carbonyl (C=O) groups is 1. The van der Waals surface area contributed by atoms with Crippen LogP contribution in [0.1, 0.15) is 29.7 Å². The van der Waals surface area contributed by atoms with Gasteiger partial charge in [0.1, 0.15) is 0 Å². The van der Waals surface area contributed by atoms with E-state index in [2.05, 4.69) is 9.97 Å². The Kier molecular flexibility index (Phi) is 9.45. The van der Waals surface area contributed by atoms with Gasteiger partial charge in [0.15, 0.2) is 21.5 Å². The summed E-state index contributed by atoms with van der Waals surface area (Å²) in [5, 5.41) is 12.4. The van der Waals surface area contributed by atoms with E-state index in [-0.39, 0.29) is 22.4 Å². The maximum Gasteiger partial charge on any atom is 0.338 e. The van der Waals surface area contributed by atoms with Crippen molar-refractivity contribution in [2.75, 3.05) is 20.8 Å². The second-order valence-corrected chi connectivity index (χ2v) is 12.2. The first kappa shape index (κ1) is 32.3. The lowest BCUT2D eigenvalue weighted by Gasteiger charge is -2.26. The van der Waals surface area contributed by atoms with Crippen LogP contribution in [-0.2, 0) is 9.53 Å². The molecule has 0 aliphatic carbocycles. The van der Waals surface area contributed by atoms with E-state index in [1.54, 1.807) is 61.8 Å². The average molecular weight is 682 g/mol. The van der Waals surface area contributed by atoms with Crippen LogP contribution in [0, 0.1) is 10.1 Å². The summed E-state index contributed by atoms with van der Waals surface area (Å²) in [5.41, 5.74) is 1.60. The first-order valence-electron chi connectivity index (χ1n) is 14.6. The second-order valence-electron chi connectivity index (χ2n) is 10.2. The molecule has 0 spiro atoms. The molecule has 0 amide bonds. The standard InChI is InChI=1S/C34H27N5O7S2/c1-4-46-32(41)28-29(21-9-6-5-7-10-21)37-34-38(30(28)22-12-13-24(44-2)25(19-22)45-3)31(40)27(48-34)18-20-11-14-26(23(17-20)39(42)43)47-33-35-15-8-16-36-33/h5-19,30H,4H2,1-3H3/b27-18+/t30-/m1/s1. The van der Waals surface area contributed by atoms with E-state index in [0.717, 1.165) is 23.1 Å². The highest BCUT2D eigenvalue weighted by Gasteiger charge is 2.35. The Morgan fingerprint density at radius 1 is 1.02 bits per heavy atom. The molecule has 3 heterocycles. The number of nitro benzene ring substituents is 1. The average Bonchev–Trinajstić information content (AvgIpc) is 3.42. The second kappa shape index (κ2) is 14.0. The van der Waals surface area contributed by atoms with Gasteiger partial charge in [-0.1, -0.05) is 53.8 Å². The zero-order chi connectivity index (χ0) is 33.8. The number of benzene rings is 3. The van der Waals surface area contributed by atoms with Crippen molar-refractivity contribution in [2.45, 2.75) is 23.0 Å². The van der Waals surface area contributed by atoms with Gasteiger partial charge in [-0.3, -0.25) is 19.5 Å². The summed E-state index contributed by atoms with van der Waals surface area (Å²) < 4.78 is 18.2. The molecule has 0 bridgehead atoms. The van der Waals surface area contributed by atoms with E-state index in [0.29, 0.717) is 48.7 Å². The van der Waals surface area contributed by atoms with Gasteiger partial charge in [0.05, 0.1) is 52.5 Å². The topological polar surface area (TPSA) is 148 Å². The van der Waals surface area contributed by atoms with E-state index < -0.39 is 22.5 Å². The monoisotopic (exact) mass is 681 g/mol. The van der Waals surface area contributed by atoms with Gasteiger partial charge in [-0.05, 0) is 60.2 Å². The summed E-state index contributed by atoms with van der Waals surface area (Å²) in [4.78, 5) is 53.4. The van der Waals surface area contributed by atoms with E-state index >= 15 is 0 Å². The van der Waals surface area contributed by atoms with Gasteiger partial charge in [-0.15, -0.1) is 0 Å². The smallest absolute Gasteiger partial charge is 0.338 e. The zero-order valence-corrected chi connectivity index (χ0v) is 27.5. The minimum Gasteiger partial charge on any atom is -0.493 e. The van der Waals surface area contributed by atoms with E-state index in [1.807, 2.05) is 30.3 Å². The molecule has 0 radical (unpaired) electrons. The molecule has 2 aromatic heterocycles. The third kappa shape index (κ3) is 6.35. The Morgan fingerprint density at radius 2 is 1.77 bits per heavy atom. The summed E-state index contributed by atoms with van der Waals surface area (Å²) in [6.45, 7) is 1.81. The Bertz CT molecular complexity index is 2240. The molecule has 242 valence electrons. The third-order valence-corrected chi connectivity index (χ3v) is 9.26. The van der Waals surface area contributed by atoms with Gasteiger partial charge < -0.3 is 14.2 Å². The highest BCUT2D eigenvalue weighted by molar-refractivity contribution is 7.99. The molecule has 12 nitrogen and oxygen atoms in total. The number of ether oxygens (including phenoxy) is 3. The summed E-state index contributed by atoms with van der Waals surface area (Å²) in [5.74, 6) is 0.255. The molecule has 0 saturated carbocycles. The molecular formula is C34H27N5O7S2. The van der Waals surface area contributed by atoms with Crippen LogP contribution in [0.3, 0.4) is 0 Å². The molecule has 0 N–H and O–H groups in total. The summed E-state index contributed by atoms with van der Waals surface area (Å²) in [6, 6.07) is 19.7. The number of hydrogen-bond donors (Lipinski definition) is 0. The number of methoxy groups -OCH3 is 2. The van der Waals surface area contributed by atoms with Crippen LogP contribution in [0.25, 0.3) is 11.8 Å². The van der Waals surface area contributed by atoms with Crippen molar-refractivity contribution in [1.82, 2.24) is 14.5 Å². The van der Waals surface area contributed by atoms with Crippen LogP contribution >= 0.6 is 23.1 Å². The molecule has 3 aromatic carbocycles. The van der Waals surface area contributed by atoms with Gasteiger partial charge in [0.25, 0.3) is 11.2 Å². The first-order chi connectivity index (χ1) is 23.3. The van der Waals surface area contributed by atoms with Gasteiger partial charge in [0.2, 0.25) is 0 Å². The van der Waals surface area contributed by atoms with Gasteiger partial charge in [-0.25, -0.2) is 19.8 Å². The minimum atomic E-state index is -0.948. The van der Waals surface area contributed by atoms with Gasteiger partial charge in [-0.2, -0.15) is 0 Å². The lowest BCUT2D eigenvalue weighted by Crippen LogP contribution is -2.40. The number of nitrogens with zero attached hydrogens (tertiary/aromatic N) is 5. The van der Waals surface area contributed by atoms with Crippen LogP contribution in [0.5, 0.6) is 11.5 Å². The number of hydrogen-bond acceptors (Lipinski definition) is 12. The largest absolute Gasteiger partial charge is 0.493 e. The zero-order valence-electron chi connectivity index (χ0n) is 25.9. The SMILES string of the molecule is CCOC(=O)C1=C(c2ccccc2)N=c2s/c(=C/c3ccc(Sc4ncccn4)c([N+](=O)[O-])c3)c(=O)n2[C@@H]1c1ccc(OC)c(OC)c1. The van der Waals surface area contributed by atoms with E-state index in [4.69, 9.17) is 19.2 Å². The molecule has 1 atom stereocenters.